The molecule has 6 rings (SSSR count). The summed E-state index contributed by atoms with van der Waals surface area (Å²) >= 11 is 9.96. The van der Waals surface area contributed by atoms with E-state index in [2.05, 4.69) is 36.3 Å². The molecule has 0 unspecified atom stereocenters. The van der Waals surface area contributed by atoms with Crippen molar-refractivity contribution in [2.45, 2.75) is 50.3 Å². The van der Waals surface area contributed by atoms with E-state index in [4.69, 9.17) is 26.2 Å². The minimum absolute atomic E-state index is 0.0651. The number of anilines is 2. The number of ether oxygens (including phenoxy) is 2. The van der Waals surface area contributed by atoms with Crippen LogP contribution in [-0.2, 0) is 11.3 Å². The van der Waals surface area contributed by atoms with Gasteiger partial charge in [-0.1, -0.05) is 11.6 Å². The minimum Gasteiger partial charge on any atom is -0.475 e. The van der Waals surface area contributed by atoms with Crippen LogP contribution in [0.4, 0.5) is 11.6 Å². The van der Waals surface area contributed by atoms with Gasteiger partial charge in [0.25, 0.3) is 5.88 Å². The highest BCUT2D eigenvalue weighted by Gasteiger charge is 2.48. The Balaban J connectivity index is 1.40. The molecular formula is C18H19BrClN7O2. The highest BCUT2D eigenvalue weighted by Crippen LogP contribution is 2.50. The molecule has 9 nitrogen and oxygen atoms in total. The van der Waals surface area contributed by atoms with Crippen molar-refractivity contribution in [2.75, 3.05) is 18.5 Å². The van der Waals surface area contributed by atoms with Crippen molar-refractivity contribution in [3.8, 4) is 5.88 Å². The number of rotatable bonds is 1. The van der Waals surface area contributed by atoms with Crippen molar-refractivity contribution in [1.82, 2.24) is 29.5 Å². The molecule has 3 aliphatic rings. The molecule has 0 aromatic carbocycles. The average molecular weight is 481 g/mol. The van der Waals surface area contributed by atoms with Gasteiger partial charge in [-0.3, -0.25) is 0 Å². The Bertz CT molecular complexity index is 1110. The van der Waals surface area contributed by atoms with Gasteiger partial charge in [-0.25, -0.2) is 14.3 Å². The van der Waals surface area contributed by atoms with Crippen LogP contribution < -0.4 is 10.1 Å². The molecule has 5 heterocycles. The molecular weight excluding hydrogens is 462 g/mol. The van der Waals surface area contributed by atoms with Crippen LogP contribution >= 0.6 is 27.5 Å². The van der Waals surface area contributed by atoms with Crippen LogP contribution in [0.1, 0.15) is 38.1 Å². The Morgan fingerprint density at radius 1 is 1.28 bits per heavy atom. The van der Waals surface area contributed by atoms with Crippen molar-refractivity contribution in [3.05, 3.63) is 16.0 Å². The van der Waals surface area contributed by atoms with Crippen LogP contribution in [0, 0.1) is 0 Å². The van der Waals surface area contributed by atoms with E-state index in [0.29, 0.717) is 35.8 Å². The Morgan fingerprint density at radius 3 is 3.03 bits per heavy atom. The summed E-state index contributed by atoms with van der Waals surface area (Å²) in [5.74, 6) is 1.00. The zero-order valence-corrected chi connectivity index (χ0v) is 17.9. The third-order valence-electron chi connectivity index (χ3n) is 5.87. The van der Waals surface area contributed by atoms with Crippen molar-refractivity contribution in [3.63, 3.8) is 0 Å². The number of halogens is 2. The number of aryl methyl sites for hydroxylation is 1. The van der Waals surface area contributed by atoms with E-state index in [-0.39, 0.29) is 11.6 Å². The second-order valence-electron chi connectivity index (χ2n) is 7.87. The van der Waals surface area contributed by atoms with Gasteiger partial charge in [-0.05, 0) is 41.6 Å². The summed E-state index contributed by atoms with van der Waals surface area (Å²) < 4.78 is 16.7. The molecule has 0 radical (unpaired) electrons. The molecule has 2 bridgehead atoms. The average Bonchev–Trinajstić information content (AvgIpc) is 3.29. The fourth-order valence-electron chi connectivity index (χ4n) is 4.17. The lowest BCUT2D eigenvalue weighted by atomic mass is 10.0. The monoisotopic (exact) mass is 479 g/mol. The molecule has 0 amide bonds. The van der Waals surface area contributed by atoms with Gasteiger partial charge in [0.2, 0.25) is 5.95 Å². The van der Waals surface area contributed by atoms with E-state index in [1.165, 1.54) is 0 Å². The van der Waals surface area contributed by atoms with Crippen LogP contribution in [0.3, 0.4) is 0 Å². The summed E-state index contributed by atoms with van der Waals surface area (Å²) in [7, 11) is 0. The van der Waals surface area contributed by atoms with Gasteiger partial charge in [-0.2, -0.15) is 10.1 Å². The molecule has 1 saturated carbocycles. The first-order chi connectivity index (χ1) is 14.1. The van der Waals surface area contributed by atoms with E-state index in [0.717, 1.165) is 54.4 Å². The maximum absolute atomic E-state index is 6.23. The predicted molar refractivity (Wildman–Crippen MR) is 110 cm³/mol. The maximum atomic E-state index is 6.23. The number of nitrogens with zero attached hydrogens (tertiary/aromatic N) is 6. The van der Waals surface area contributed by atoms with Gasteiger partial charge >= 0.3 is 0 Å². The second kappa shape index (κ2) is 6.55. The Labute approximate surface area is 179 Å². The topological polar surface area (TPSA) is 91.9 Å². The quantitative estimate of drug-likeness (QED) is 0.565. The third kappa shape index (κ3) is 3.00. The lowest BCUT2D eigenvalue weighted by Crippen LogP contribution is -2.29. The van der Waals surface area contributed by atoms with Gasteiger partial charge < -0.3 is 14.8 Å². The standard InChI is InChI=1S/C18H19BrClN7O2/c19-13-12-16(25-27(13)10-2-7-29-18(8-10)3-4-18)28-6-1-5-26-15-11(14(20)24-26)9-21-17(22-12)23-15/h9-10H,1-8H2,(H,21,22,23)/t10-/m1/s1. The molecule has 29 heavy (non-hydrogen) atoms. The van der Waals surface area contributed by atoms with Crippen LogP contribution in [0.5, 0.6) is 5.88 Å². The van der Waals surface area contributed by atoms with Crippen LogP contribution in [-0.4, -0.2) is 48.3 Å². The summed E-state index contributed by atoms with van der Waals surface area (Å²) in [5.41, 5.74) is 1.51. The first-order valence-electron chi connectivity index (χ1n) is 9.83. The molecule has 11 heteroatoms. The summed E-state index contributed by atoms with van der Waals surface area (Å²) in [5, 5.41) is 13.6. The normalized spacial score (nSPS) is 22.8. The fourth-order valence-corrected chi connectivity index (χ4v) is 5.04. The SMILES string of the molecule is Clc1nn2c3nc(ncc13)Nc1c(nn([C@@H]3CCOC4(CC4)C3)c1Br)OCCC2. The van der Waals surface area contributed by atoms with Crippen LogP contribution in [0.25, 0.3) is 11.0 Å². The van der Waals surface area contributed by atoms with Crippen LogP contribution in [0.2, 0.25) is 5.15 Å². The predicted octanol–water partition coefficient (Wildman–Crippen LogP) is 3.85. The van der Waals surface area contributed by atoms with Crippen molar-refractivity contribution in [2.24, 2.45) is 0 Å². The van der Waals surface area contributed by atoms with E-state index < -0.39 is 0 Å². The Morgan fingerprint density at radius 2 is 2.17 bits per heavy atom. The molecule has 2 aliphatic heterocycles. The van der Waals surface area contributed by atoms with Gasteiger partial charge in [0.05, 0.1) is 23.6 Å². The van der Waals surface area contributed by atoms with Gasteiger partial charge in [0.1, 0.15) is 10.3 Å². The molecule has 152 valence electrons. The molecule has 1 saturated heterocycles. The largest absolute Gasteiger partial charge is 0.475 e. The van der Waals surface area contributed by atoms with E-state index >= 15 is 0 Å². The second-order valence-corrected chi connectivity index (χ2v) is 8.97. The Hall–Kier alpha value is -1.91. The number of nitrogens with one attached hydrogen (secondary N) is 1. The fraction of sp³-hybridized carbons (Fsp3) is 0.556. The highest BCUT2D eigenvalue weighted by atomic mass is 79.9. The molecule has 1 aliphatic carbocycles. The van der Waals surface area contributed by atoms with Gasteiger partial charge in [0, 0.05) is 25.8 Å². The third-order valence-corrected chi connectivity index (χ3v) is 6.91. The summed E-state index contributed by atoms with van der Waals surface area (Å²) in [6.07, 6.45) is 6.65. The lowest BCUT2D eigenvalue weighted by molar-refractivity contribution is -0.0274. The minimum atomic E-state index is 0.0651. The van der Waals surface area contributed by atoms with E-state index in [1.54, 1.807) is 10.9 Å². The Kier molecular flexibility index (Phi) is 4.04. The first-order valence-corrected chi connectivity index (χ1v) is 11.0. The molecule has 1 spiro atoms. The number of hydrogen-bond donors (Lipinski definition) is 1. The molecule has 3 aromatic rings. The molecule has 1 atom stereocenters. The molecule has 2 fully saturated rings. The summed E-state index contributed by atoms with van der Waals surface area (Å²) in [6.45, 7) is 1.93. The zero-order valence-electron chi connectivity index (χ0n) is 15.6. The highest BCUT2D eigenvalue weighted by molar-refractivity contribution is 9.10. The zero-order chi connectivity index (χ0) is 19.6. The van der Waals surface area contributed by atoms with Crippen molar-refractivity contribution >= 4 is 50.2 Å². The first kappa shape index (κ1) is 17.9. The number of aromatic nitrogens is 6. The molecule has 1 N–H and O–H groups in total. The smallest absolute Gasteiger partial charge is 0.258 e. The van der Waals surface area contributed by atoms with Crippen LogP contribution in [0.15, 0.2) is 10.8 Å². The number of fused-ring (bicyclic) bond motifs is 2. The van der Waals surface area contributed by atoms with E-state index in [9.17, 15) is 0 Å². The van der Waals surface area contributed by atoms with E-state index in [1.807, 2.05) is 4.68 Å². The lowest BCUT2D eigenvalue weighted by Gasteiger charge is -2.30. The molecule has 3 aromatic heterocycles. The van der Waals surface area contributed by atoms with Crippen molar-refractivity contribution in [1.29, 1.82) is 0 Å². The van der Waals surface area contributed by atoms with Gasteiger partial charge in [0.15, 0.2) is 10.8 Å². The number of hydrogen-bond acceptors (Lipinski definition) is 7. The van der Waals surface area contributed by atoms with Gasteiger partial charge in [-0.15, -0.1) is 5.10 Å². The summed E-state index contributed by atoms with van der Waals surface area (Å²) in [6, 6.07) is 0.273. The van der Waals surface area contributed by atoms with Crippen molar-refractivity contribution < 1.29 is 9.47 Å². The maximum Gasteiger partial charge on any atom is 0.258 e. The summed E-state index contributed by atoms with van der Waals surface area (Å²) in [4.78, 5) is 9.04.